The summed E-state index contributed by atoms with van der Waals surface area (Å²) in [5.74, 6) is 0. The molecule has 0 spiro atoms. The van der Waals surface area contributed by atoms with Gasteiger partial charge >= 0.3 is 21.3 Å². The molecule has 22 heteroatoms. The molecule has 20 nitrogen and oxygen atoms in total. The fourth-order valence-corrected chi connectivity index (χ4v) is 5.64. The summed E-state index contributed by atoms with van der Waals surface area (Å²) in [5.41, 5.74) is -1.88. The van der Waals surface area contributed by atoms with Crippen molar-refractivity contribution in [1.29, 1.82) is 0 Å². The van der Waals surface area contributed by atoms with Crippen LogP contribution in [0, 0.1) is 0 Å². The summed E-state index contributed by atoms with van der Waals surface area (Å²) in [5, 5.41) is 68.4. The molecule has 2 aliphatic rings. The highest BCUT2D eigenvalue weighted by atomic mass is 31.3. The van der Waals surface area contributed by atoms with Gasteiger partial charge in [0, 0.05) is 12.3 Å². The molecule has 3 rings (SSSR count). The number of aromatic nitrogens is 2. The lowest BCUT2D eigenvalue weighted by atomic mass is 10.1. The van der Waals surface area contributed by atoms with Crippen LogP contribution in [0.3, 0.4) is 0 Å². The van der Waals surface area contributed by atoms with E-state index in [0.29, 0.717) is 4.57 Å². The predicted molar refractivity (Wildman–Crippen MR) is 110 cm³/mol. The maximum absolute atomic E-state index is 12.2. The molecule has 0 bridgehead atoms. The summed E-state index contributed by atoms with van der Waals surface area (Å²) in [7, 11) is -11.5. The normalized spacial score (nSPS) is 37.1. The number of aliphatic hydroxyl groups excluding tert-OH is 7. The molecule has 0 aliphatic carbocycles. The Morgan fingerprint density at radius 2 is 1.59 bits per heavy atom. The second-order valence-electron chi connectivity index (χ2n) is 7.81. The highest BCUT2D eigenvalue weighted by Gasteiger charge is 2.52. The van der Waals surface area contributed by atoms with E-state index in [9.17, 15) is 59.1 Å². The molecule has 3 heterocycles. The van der Waals surface area contributed by atoms with Crippen LogP contribution < -0.4 is 11.2 Å². The summed E-state index contributed by atoms with van der Waals surface area (Å²) >= 11 is 0. The van der Waals surface area contributed by atoms with Crippen molar-refractivity contribution in [3.8, 4) is 0 Å². The summed E-state index contributed by atoms with van der Waals surface area (Å²) in [6, 6.07) is 0.870. The van der Waals surface area contributed by atoms with Gasteiger partial charge in [-0.25, -0.2) is 13.9 Å². The molecular formula is C15H24N2O18P2. The lowest BCUT2D eigenvalue weighted by Gasteiger charge is -2.24. The Bertz CT molecular complexity index is 1160. The fraction of sp³-hybridized carbons (Fsp3) is 0.733. The first kappa shape index (κ1) is 30.1. The van der Waals surface area contributed by atoms with Gasteiger partial charge in [-0.3, -0.25) is 23.4 Å². The average molecular weight is 582 g/mol. The van der Waals surface area contributed by atoms with E-state index in [1.807, 2.05) is 4.98 Å². The van der Waals surface area contributed by atoms with E-state index >= 15 is 0 Å². The monoisotopic (exact) mass is 582 g/mol. The predicted octanol–water partition coefficient (Wildman–Crippen LogP) is -5.48. The van der Waals surface area contributed by atoms with Gasteiger partial charge in [-0.15, -0.1) is 0 Å². The highest BCUT2D eigenvalue weighted by molar-refractivity contribution is 7.61. The highest BCUT2D eigenvalue weighted by Crippen LogP contribution is 2.62. The van der Waals surface area contributed by atoms with Crippen molar-refractivity contribution in [2.75, 3.05) is 6.61 Å². The molecule has 2 aliphatic heterocycles. The molecule has 10 N–H and O–H groups in total. The zero-order valence-electron chi connectivity index (χ0n) is 18.2. The third-order valence-corrected chi connectivity index (χ3v) is 7.80. The number of hydrogen-bond donors (Lipinski definition) is 10. The van der Waals surface area contributed by atoms with Gasteiger partial charge in [-0.1, -0.05) is 0 Å². The molecule has 0 radical (unpaired) electrons. The van der Waals surface area contributed by atoms with E-state index in [1.54, 1.807) is 0 Å². The average Bonchev–Trinajstić information content (AvgIpc) is 3.22. The molecule has 3 unspecified atom stereocenters. The molecule has 37 heavy (non-hydrogen) atoms. The van der Waals surface area contributed by atoms with Crippen LogP contribution in [0.25, 0.3) is 0 Å². The first-order valence-electron chi connectivity index (χ1n) is 10.1. The number of ether oxygens (including phenoxy) is 2. The smallest absolute Gasteiger partial charge is 0.394 e. The lowest BCUT2D eigenvalue weighted by Crippen LogP contribution is -2.40. The minimum atomic E-state index is -5.77. The minimum Gasteiger partial charge on any atom is -0.394 e. The zero-order chi connectivity index (χ0) is 27.9. The molecule has 2 saturated heterocycles. The van der Waals surface area contributed by atoms with Crippen molar-refractivity contribution in [3.05, 3.63) is 33.1 Å². The van der Waals surface area contributed by atoms with Gasteiger partial charge in [0.1, 0.15) is 42.7 Å². The number of nitrogens with zero attached hydrogens (tertiary/aromatic N) is 1. The summed E-state index contributed by atoms with van der Waals surface area (Å²) in [6.07, 6.45) is -19.1. The first-order valence-corrected chi connectivity index (χ1v) is 13.1. The van der Waals surface area contributed by atoms with Gasteiger partial charge in [0.05, 0.1) is 6.61 Å². The largest absolute Gasteiger partial charge is 0.483 e. The van der Waals surface area contributed by atoms with Crippen LogP contribution in [0.4, 0.5) is 0 Å². The summed E-state index contributed by atoms with van der Waals surface area (Å²) < 4.78 is 47.5. The standard InChI is InChI=1S/C15H24N2O18P2/c18-3-4(19)10-7(22)9(24)14(32-10)34-37(29,30)35-36(27,28)33-13(25)11-6(21)8(23)12(31-11)17-2-1-5(20)16-15(17)26/h1-2,4,6-14,18-19,21-25H,3H2,(H,27,28)(H,29,30)(H,16,20,26)/t4-,6+,7-,8-,9-,10+,11+,12-,13?,14+/m1/s1. The van der Waals surface area contributed by atoms with Crippen LogP contribution in [0.1, 0.15) is 6.23 Å². The van der Waals surface area contributed by atoms with Gasteiger partial charge in [0.15, 0.2) is 18.8 Å². The van der Waals surface area contributed by atoms with E-state index in [0.717, 1.165) is 12.3 Å². The van der Waals surface area contributed by atoms with Crippen molar-refractivity contribution in [2.45, 2.75) is 61.5 Å². The number of phosphoric ester groups is 2. The first-order chi connectivity index (χ1) is 17.1. The van der Waals surface area contributed by atoms with Gasteiger partial charge in [0.2, 0.25) is 0 Å². The van der Waals surface area contributed by atoms with Gasteiger partial charge in [0.25, 0.3) is 5.56 Å². The summed E-state index contributed by atoms with van der Waals surface area (Å²) in [6.45, 7) is -0.937. The number of hydrogen-bond acceptors (Lipinski definition) is 16. The molecule has 0 aromatic carbocycles. The number of aliphatic hydroxyl groups is 7. The van der Waals surface area contributed by atoms with Crippen LogP contribution >= 0.6 is 15.6 Å². The second kappa shape index (κ2) is 11.4. The van der Waals surface area contributed by atoms with Gasteiger partial charge < -0.3 is 55.0 Å². The Labute approximate surface area is 204 Å². The maximum atomic E-state index is 12.2. The number of phosphoric acid groups is 2. The topological polar surface area (TPSA) is 317 Å². The van der Waals surface area contributed by atoms with Crippen LogP contribution in [-0.4, -0.2) is 117 Å². The number of rotatable bonds is 10. The van der Waals surface area contributed by atoms with Crippen molar-refractivity contribution in [3.63, 3.8) is 0 Å². The Morgan fingerprint density at radius 1 is 0.973 bits per heavy atom. The molecule has 12 atom stereocenters. The van der Waals surface area contributed by atoms with Crippen molar-refractivity contribution in [2.24, 2.45) is 0 Å². The number of nitrogens with one attached hydrogen (secondary N) is 1. The van der Waals surface area contributed by atoms with Gasteiger partial charge in [-0.05, 0) is 0 Å². The Kier molecular flexibility index (Phi) is 9.25. The molecule has 2 fully saturated rings. The lowest BCUT2D eigenvalue weighted by molar-refractivity contribution is -0.163. The zero-order valence-corrected chi connectivity index (χ0v) is 20.0. The molecular weight excluding hydrogens is 558 g/mol. The van der Waals surface area contributed by atoms with E-state index in [-0.39, 0.29) is 0 Å². The number of H-pyrrole nitrogens is 1. The number of aromatic amines is 1. The van der Waals surface area contributed by atoms with Crippen LogP contribution in [0.2, 0.25) is 0 Å². The quantitative estimate of drug-likeness (QED) is 0.0908. The minimum absolute atomic E-state index is 0.620. The Morgan fingerprint density at radius 3 is 2.19 bits per heavy atom. The van der Waals surface area contributed by atoms with Crippen LogP contribution in [0.5, 0.6) is 0 Å². The third kappa shape index (κ3) is 6.78. The van der Waals surface area contributed by atoms with Crippen LogP contribution in [0.15, 0.2) is 21.9 Å². The van der Waals surface area contributed by atoms with Crippen molar-refractivity contribution < 1.29 is 77.5 Å². The van der Waals surface area contributed by atoms with E-state index in [4.69, 9.17) is 14.6 Å². The fourth-order valence-electron chi connectivity index (χ4n) is 3.46. The Balaban J connectivity index is 1.65. The van der Waals surface area contributed by atoms with Crippen molar-refractivity contribution >= 4 is 15.6 Å². The third-order valence-electron chi connectivity index (χ3n) is 5.19. The van der Waals surface area contributed by atoms with Crippen LogP contribution in [-0.2, 0) is 32.0 Å². The molecule has 1 aromatic heterocycles. The maximum Gasteiger partial charge on any atom is 0.483 e. The second-order valence-corrected chi connectivity index (χ2v) is 10.8. The van der Waals surface area contributed by atoms with E-state index in [1.165, 1.54) is 0 Å². The molecule has 0 saturated carbocycles. The van der Waals surface area contributed by atoms with Crippen molar-refractivity contribution in [1.82, 2.24) is 9.55 Å². The molecule has 0 amide bonds. The Hall–Kier alpha value is -1.42. The molecule has 212 valence electrons. The van der Waals surface area contributed by atoms with E-state index < -0.39 is 95.0 Å². The van der Waals surface area contributed by atoms with Gasteiger partial charge in [-0.2, -0.15) is 4.31 Å². The molecule has 1 aromatic rings. The SMILES string of the molecule is O=c1ccn([C@@H]2O[C@H](C(O)OP(=O)(O)OP(=O)(O)O[C@@H]3O[C@@H]([C@H](O)CO)[C@H](O)[C@H]3O)[C@@H](O)[C@H]2O)c(=O)[nH]1. The summed E-state index contributed by atoms with van der Waals surface area (Å²) in [4.78, 5) is 44.5. The van der Waals surface area contributed by atoms with E-state index in [2.05, 4.69) is 13.4 Å².